The second kappa shape index (κ2) is 6.63. The number of benzene rings is 1. The molecular formula is C16H13N3O4S. The van der Waals surface area contributed by atoms with Crippen molar-refractivity contribution in [2.24, 2.45) is 0 Å². The number of nitrogens with zero attached hydrogens (tertiary/aromatic N) is 2. The first-order chi connectivity index (χ1) is 11.6. The van der Waals surface area contributed by atoms with Gasteiger partial charge >= 0.3 is 5.97 Å². The molecule has 0 saturated carbocycles. The maximum absolute atomic E-state index is 12.5. The van der Waals surface area contributed by atoms with Crippen LogP contribution in [0.3, 0.4) is 0 Å². The van der Waals surface area contributed by atoms with Crippen LogP contribution in [0.1, 0.15) is 27.6 Å². The highest BCUT2D eigenvalue weighted by Crippen LogP contribution is 2.26. The van der Waals surface area contributed by atoms with E-state index in [0.29, 0.717) is 5.13 Å². The SMILES string of the molecule is CCOC(=O)C(=CNc1nccs1)N1C(=O)c2ccccc2C1=O. The Hall–Kier alpha value is -3.00. The van der Waals surface area contributed by atoms with Gasteiger partial charge in [0.2, 0.25) is 0 Å². The Labute approximate surface area is 141 Å². The predicted octanol–water partition coefficient (Wildman–Crippen LogP) is 2.26. The van der Waals surface area contributed by atoms with E-state index >= 15 is 0 Å². The summed E-state index contributed by atoms with van der Waals surface area (Å²) >= 11 is 1.31. The Bertz CT molecular complexity index is 795. The van der Waals surface area contributed by atoms with Gasteiger partial charge in [-0.1, -0.05) is 12.1 Å². The lowest BCUT2D eigenvalue weighted by atomic mass is 10.1. The van der Waals surface area contributed by atoms with Crippen molar-refractivity contribution in [3.8, 4) is 0 Å². The fraction of sp³-hybridized carbons (Fsp3) is 0.125. The summed E-state index contributed by atoms with van der Waals surface area (Å²) in [6.07, 6.45) is 2.85. The van der Waals surface area contributed by atoms with Crippen molar-refractivity contribution in [3.63, 3.8) is 0 Å². The number of rotatable bonds is 5. The van der Waals surface area contributed by atoms with Crippen LogP contribution >= 0.6 is 11.3 Å². The number of fused-ring (bicyclic) bond motifs is 1. The summed E-state index contributed by atoms with van der Waals surface area (Å²) in [6, 6.07) is 6.42. The van der Waals surface area contributed by atoms with Gasteiger partial charge in [-0.3, -0.25) is 9.59 Å². The number of carbonyl (C=O) groups excluding carboxylic acids is 3. The van der Waals surface area contributed by atoms with Crippen molar-refractivity contribution in [1.29, 1.82) is 0 Å². The zero-order chi connectivity index (χ0) is 17.1. The number of amides is 2. The smallest absolute Gasteiger partial charge is 0.357 e. The largest absolute Gasteiger partial charge is 0.461 e. The van der Waals surface area contributed by atoms with E-state index in [9.17, 15) is 14.4 Å². The van der Waals surface area contributed by atoms with Crippen LogP contribution in [0.5, 0.6) is 0 Å². The highest BCUT2D eigenvalue weighted by atomic mass is 32.1. The van der Waals surface area contributed by atoms with E-state index in [1.807, 2.05) is 0 Å². The summed E-state index contributed by atoms with van der Waals surface area (Å²) in [5, 5.41) is 5.08. The maximum Gasteiger partial charge on any atom is 0.357 e. The molecular weight excluding hydrogens is 330 g/mol. The summed E-state index contributed by atoms with van der Waals surface area (Å²) in [6.45, 7) is 1.77. The number of aromatic nitrogens is 1. The molecule has 7 nitrogen and oxygen atoms in total. The standard InChI is InChI=1S/C16H13N3O4S/c1-2-23-15(22)12(9-18-16-17-7-8-24-16)19-13(20)10-5-3-4-6-11(10)14(19)21/h3-9H,2H2,1H3,(H,17,18). The van der Waals surface area contributed by atoms with Crippen LogP contribution in [-0.4, -0.2) is 34.3 Å². The molecule has 1 N–H and O–H groups in total. The molecule has 1 aromatic carbocycles. The summed E-state index contributed by atoms with van der Waals surface area (Å²) in [5.41, 5.74) is 0.331. The van der Waals surface area contributed by atoms with E-state index in [1.54, 1.807) is 42.8 Å². The van der Waals surface area contributed by atoms with Gasteiger partial charge in [0.15, 0.2) is 10.8 Å². The van der Waals surface area contributed by atoms with Crippen molar-refractivity contribution < 1.29 is 19.1 Å². The fourth-order valence-corrected chi connectivity index (χ4v) is 2.75. The van der Waals surface area contributed by atoms with Crippen LogP contribution in [0.4, 0.5) is 5.13 Å². The van der Waals surface area contributed by atoms with Gasteiger partial charge < -0.3 is 10.1 Å². The van der Waals surface area contributed by atoms with Gasteiger partial charge in [0, 0.05) is 17.8 Å². The van der Waals surface area contributed by atoms with Crippen LogP contribution in [0.2, 0.25) is 0 Å². The van der Waals surface area contributed by atoms with Crippen LogP contribution in [0.25, 0.3) is 0 Å². The molecule has 1 aliphatic heterocycles. The van der Waals surface area contributed by atoms with Crippen molar-refractivity contribution in [1.82, 2.24) is 9.88 Å². The molecule has 1 aromatic heterocycles. The summed E-state index contributed by atoms with van der Waals surface area (Å²) in [4.78, 5) is 42.1. The van der Waals surface area contributed by atoms with Gasteiger partial charge in [-0.05, 0) is 19.1 Å². The lowest BCUT2D eigenvalue weighted by Crippen LogP contribution is -2.34. The first-order valence-electron chi connectivity index (χ1n) is 7.14. The third-order valence-electron chi connectivity index (χ3n) is 3.28. The van der Waals surface area contributed by atoms with Gasteiger partial charge in [0.05, 0.1) is 17.7 Å². The van der Waals surface area contributed by atoms with Crippen LogP contribution < -0.4 is 5.32 Å². The van der Waals surface area contributed by atoms with Gasteiger partial charge in [-0.2, -0.15) is 0 Å². The minimum absolute atomic E-state index is 0.122. The second-order valence-electron chi connectivity index (χ2n) is 4.72. The topological polar surface area (TPSA) is 88.6 Å². The first kappa shape index (κ1) is 15.9. The molecule has 1 aliphatic rings. The van der Waals surface area contributed by atoms with E-state index in [2.05, 4.69) is 10.3 Å². The van der Waals surface area contributed by atoms with Crippen LogP contribution in [-0.2, 0) is 9.53 Å². The Kier molecular flexibility index (Phi) is 4.39. The molecule has 0 radical (unpaired) electrons. The fourth-order valence-electron chi connectivity index (χ4n) is 2.25. The molecule has 8 heteroatoms. The van der Waals surface area contributed by atoms with Gasteiger partial charge in [-0.15, -0.1) is 11.3 Å². The van der Waals surface area contributed by atoms with Crippen molar-refractivity contribution >= 4 is 34.3 Å². The lowest BCUT2D eigenvalue weighted by Gasteiger charge is -2.16. The number of ether oxygens (including phenoxy) is 1. The number of imide groups is 1. The molecule has 0 saturated heterocycles. The highest BCUT2D eigenvalue weighted by Gasteiger charge is 2.40. The van der Waals surface area contributed by atoms with E-state index < -0.39 is 17.8 Å². The van der Waals surface area contributed by atoms with Gasteiger partial charge in [-0.25, -0.2) is 14.7 Å². The van der Waals surface area contributed by atoms with Crippen molar-refractivity contribution in [2.75, 3.05) is 11.9 Å². The Balaban J connectivity index is 1.97. The molecule has 3 rings (SSSR count). The minimum Gasteiger partial charge on any atom is -0.461 e. The molecule has 0 atom stereocenters. The van der Waals surface area contributed by atoms with Crippen LogP contribution in [0.15, 0.2) is 47.7 Å². The lowest BCUT2D eigenvalue weighted by molar-refractivity contribution is -0.139. The molecule has 0 bridgehead atoms. The quantitative estimate of drug-likeness (QED) is 0.509. The zero-order valence-corrected chi connectivity index (χ0v) is 13.5. The molecule has 2 aromatic rings. The maximum atomic E-state index is 12.5. The van der Waals surface area contributed by atoms with E-state index in [-0.39, 0.29) is 23.4 Å². The Morgan fingerprint density at radius 2 is 1.96 bits per heavy atom. The molecule has 24 heavy (non-hydrogen) atoms. The minimum atomic E-state index is -0.768. The highest BCUT2D eigenvalue weighted by molar-refractivity contribution is 7.13. The molecule has 0 unspecified atom stereocenters. The normalized spacial score (nSPS) is 13.9. The predicted molar refractivity (Wildman–Crippen MR) is 87.4 cm³/mol. The summed E-state index contributed by atoms with van der Waals surface area (Å²) < 4.78 is 4.97. The molecule has 2 heterocycles. The number of esters is 1. The van der Waals surface area contributed by atoms with E-state index in [0.717, 1.165) is 4.90 Å². The van der Waals surface area contributed by atoms with Crippen molar-refractivity contribution in [3.05, 3.63) is 58.9 Å². The molecule has 122 valence electrons. The third kappa shape index (κ3) is 2.79. The average molecular weight is 343 g/mol. The number of nitrogens with one attached hydrogen (secondary N) is 1. The third-order valence-corrected chi connectivity index (χ3v) is 3.99. The molecule has 0 aliphatic carbocycles. The van der Waals surface area contributed by atoms with Crippen LogP contribution in [0, 0.1) is 0 Å². The van der Waals surface area contributed by atoms with Gasteiger partial charge in [0.25, 0.3) is 11.8 Å². The van der Waals surface area contributed by atoms with Crippen molar-refractivity contribution in [2.45, 2.75) is 6.92 Å². The molecule has 0 fully saturated rings. The number of thiazole rings is 1. The Morgan fingerprint density at radius 1 is 1.29 bits per heavy atom. The summed E-state index contributed by atoms with van der Waals surface area (Å²) in [7, 11) is 0. The average Bonchev–Trinajstić information content (AvgIpc) is 3.18. The monoisotopic (exact) mass is 343 g/mol. The number of carbonyl (C=O) groups is 3. The Morgan fingerprint density at radius 3 is 2.50 bits per heavy atom. The number of hydrogen-bond donors (Lipinski definition) is 1. The van der Waals surface area contributed by atoms with E-state index in [4.69, 9.17) is 4.74 Å². The summed E-state index contributed by atoms with van der Waals surface area (Å²) in [5.74, 6) is -1.89. The first-order valence-corrected chi connectivity index (χ1v) is 8.02. The van der Waals surface area contributed by atoms with Gasteiger partial charge in [0.1, 0.15) is 0 Å². The molecule has 0 spiro atoms. The second-order valence-corrected chi connectivity index (χ2v) is 5.62. The zero-order valence-electron chi connectivity index (χ0n) is 12.7. The van der Waals surface area contributed by atoms with E-state index in [1.165, 1.54) is 17.5 Å². The number of hydrogen-bond acceptors (Lipinski definition) is 7. The molecule has 2 amide bonds. The number of anilines is 1.